The van der Waals surface area contributed by atoms with E-state index in [2.05, 4.69) is 0 Å². The first-order chi connectivity index (χ1) is 8.26. The molecule has 1 aliphatic heterocycles. The zero-order valence-electron chi connectivity index (χ0n) is 11.3. The molecule has 0 bridgehead atoms. The quantitative estimate of drug-likeness (QED) is 0.831. The maximum atomic E-state index is 12.0. The van der Waals surface area contributed by atoms with E-state index in [9.17, 15) is 9.59 Å². The number of ether oxygens (including phenoxy) is 2. The summed E-state index contributed by atoms with van der Waals surface area (Å²) in [6.45, 7) is 5.84. The van der Waals surface area contributed by atoms with Gasteiger partial charge in [-0.2, -0.15) is 0 Å². The molecule has 1 saturated heterocycles. The predicted octanol–water partition coefficient (Wildman–Crippen LogP) is 1.49. The van der Waals surface area contributed by atoms with Gasteiger partial charge in [0.15, 0.2) is 6.10 Å². The van der Waals surface area contributed by atoms with Crippen molar-refractivity contribution in [2.24, 2.45) is 0 Å². The van der Waals surface area contributed by atoms with Gasteiger partial charge in [-0.25, -0.2) is 9.59 Å². The van der Waals surface area contributed by atoms with Gasteiger partial charge in [-0.1, -0.05) is 0 Å². The van der Waals surface area contributed by atoms with E-state index in [4.69, 9.17) is 14.6 Å². The van der Waals surface area contributed by atoms with Crippen molar-refractivity contribution in [1.82, 2.24) is 4.90 Å². The first-order valence-corrected chi connectivity index (χ1v) is 6.01. The number of likely N-dealkylation sites (tertiary alicyclic amines) is 1. The molecular weight excluding hydrogens is 238 g/mol. The van der Waals surface area contributed by atoms with Crippen molar-refractivity contribution in [2.45, 2.75) is 51.4 Å². The molecule has 0 aromatic carbocycles. The maximum absolute atomic E-state index is 12.0. The number of nitrogens with zero attached hydrogens (tertiary/aromatic N) is 1. The molecule has 0 aromatic rings. The van der Waals surface area contributed by atoms with Crippen LogP contribution in [0.1, 0.15) is 33.6 Å². The lowest BCUT2D eigenvalue weighted by Crippen LogP contribution is -2.48. The Labute approximate surface area is 107 Å². The highest BCUT2D eigenvalue weighted by Gasteiger charge is 2.40. The Morgan fingerprint density at radius 1 is 1.39 bits per heavy atom. The van der Waals surface area contributed by atoms with Crippen molar-refractivity contribution in [1.29, 1.82) is 0 Å². The van der Waals surface area contributed by atoms with Crippen molar-refractivity contribution in [3.63, 3.8) is 0 Å². The summed E-state index contributed by atoms with van der Waals surface area (Å²) in [4.78, 5) is 24.5. The fourth-order valence-corrected chi connectivity index (χ4v) is 2.08. The predicted molar refractivity (Wildman–Crippen MR) is 64.4 cm³/mol. The van der Waals surface area contributed by atoms with Gasteiger partial charge in [0.25, 0.3) is 0 Å². The summed E-state index contributed by atoms with van der Waals surface area (Å²) < 4.78 is 10.2. The third-order valence-electron chi connectivity index (χ3n) is 2.77. The summed E-state index contributed by atoms with van der Waals surface area (Å²) in [5.41, 5.74) is -0.587. The Bertz CT molecular complexity index is 323. The normalized spacial score (nSPS) is 21.8. The average Bonchev–Trinajstić information content (AvgIpc) is 2.64. The first kappa shape index (κ1) is 14.8. The van der Waals surface area contributed by atoms with E-state index in [1.807, 2.05) is 0 Å². The van der Waals surface area contributed by atoms with Crippen LogP contribution in [-0.4, -0.2) is 53.5 Å². The summed E-state index contributed by atoms with van der Waals surface area (Å²) >= 11 is 0. The summed E-state index contributed by atoms with van der Waals surface area (Å²) in [5.74, 6) is -1.06. The molecule has 0 radical (unpaired) electrons. The molecule has 1 fully saturated rings. The standard InChI is InChI=1S/C12H21NO5/c1-12(2,3)18-11(16)13-7-5-6-8(13)9(17-4)10(14)15/h8-9H,5-7H2,1-4H3,(H,14,15)/t8-,9-/m0/s1. The van der Waals surface area contributed by atoms with Gasteiger partial charge in [0, 0.05) is 13.7 Å². The minimum atomic E-state index is -1.06. The van der Waals surface area contributed by atoms with E-state index in [1.54, 1.807) is 20.8 Å². The average molecular weight is 259 g/mol. The molecule has 0 aliphatic carbocycles. The molecule has 1 heterocycles. The van der Waals surface area contributed by atoms with Crippen LogP contribution in [0.4, 0.5) is 4.79 Å². The van der Waals surface area contributed by atoms with Crippen LogP contribution in [0.5, 0.6) is 0 Å². The van der Waals surface area contributed by atoms with Gasteiger partial charge in [0.1, 0.15) is 5.60 Å². The topological polar surface area (TPSA) is 76.1 Å². The van der Waals surface area contributed by atoms with Gasteiger partial charge in [-0.3, -0.25) is 0 Å². The molecule has 1 amide bonds. The molecule has 0 spiro atoms. The molecule has 0 unspecified atom stereocenters. The first-order valence-electron chi connectivity index (χ1n) is 6.01. The third kappa shape index (κ3) is 3.60. The molecule has 6 nitrogen and oxygen atoms in total. The van der Waals surface area contributed by atoms with Gasteiger partial charge in [-0.15, -0.1) is 0 Å². The van der Waals surface area contributed by atoms with Gasteiger partial charge in [0.2, 0.25) is 0 Å². The lowest BCUT2D eigenvalue weighted by molar-refractivity contribution is -0.151. The SMILES string of the molecule is CO[C@H](C(=O)O)[C@@H]1CCCN1C(=O)OC(C)(C)C. The van der Waals surface area contributed by atoms with Gasteiger partial charge >= 0.3 is 12.1 Å². The highest BCUT2D eigenvalue weighted by atomic mass is 16.6. The summed E-state index contributed by atoms with van der Waals surface area (Å²) in [6, 6.07) is -0.456. The number of rotatable bonds is 3. The fourth-order valence-electron chi connectivity index (χ4n) is 2.08. The highest BCUT2D eigenvalue weighted by molar-refractivity contribution is 5.76. The fraction of sp³-hybridized carbons (Fsp3) is 0.833. The molecule has 1 N–H and O–H groups in total. The Kier molecular flexibility index (Phi) is 4.56. The van der Waals surface area contributed by atoms with Crippen molar-refractivity contribution >= 4 is 12.1 Å². The number of amides is 1. The summed E-state index contributed by atoms with van der Waals surface area (Å²) in [7, 11) is 1.34. The number of carbonyl (C=O) groups is 2. The lowest BCUT2D eigenvalue weighted by atomic mass is 10.1. The zero-order valence-corrected chi connectivity index (χ0v) is 11.3. The molecule has 1 aliphatic rings. The van der Waals surface area contributed by atoms with E-state index in [0.717, 1.165) is 6.42 Å². The van der Waals surface area contributed by atoms with Crippen LogP contribution in [-0.2, 0) is 14.3 Å². The highest BCUT2D eigenvalue weighted by Crippen LogP contribution is 2.24. The van der Waals surface area contributed by atoms with E-state index >= 15 is 0 Å². The second kappa shape index (κ2) is 5.56. The van der Waals surface area contributed by atoms with Crippen LogP contribution in [0.25, 0.3) is 0 Å². The van der Waals surface area contributed by atoms with Crippen LogP contribution in [0.15, 0.2) is 0 Å². The zero-order chi connectivity index (χ0) is 13.9. The van der Waals surface area contributed by atoms with Crippen molar-refractivity contribution in [3.05, 3.63) is 0 Å². The Morgan fingerprint density at radius 3 is 2.44 bits per heavy atom. The van der Waals surface area contributed by atoms with Crippen molar-refractivity contribution < 1.29 is 24.2 Å². The van der Waals surface area contributed by atoms with Crippen LogP contribution in [0.3, 0.4) is 0 Å². The van der Waals surface area contributed by atoms with Gasteiger partial charge in [-0.05, 0) is 33.6 Å². The smallest absolute Gasteiger partial charge is 0.410 e. The monoisotopic (exact) mass is 259 g/mol. The van der Waals surface area contributed by atoms with E-state index < -0.39 is 29.8 Å². The molecule has 104 valence electrons. The van der Waals surface area contributed by atoms with Crippen molar-refractivity contribution in [3.8, 4) is 0 Å². The van der Waals surface area contributed by atoms with Crippen LogP contribution in [0.2, 0.25) is 0 Å². The molecule has 2 atom stereocenters. The molecule has 0 saturated carbocycles. The summed E-state index contributed by atoms with van der Waals surface area (Å²) in [5, 5.41) is 9.06. The molecule has 0 aromatic heterocycles. The maximum Gasteiger partial charge on any atom is 0.410 e. The van der Waals surface area contributed by atoms with Gasteiger partial charge < -0.3 is 19.5 Å². The number of aliphatic carboxylic acids is 1. The number of hydrogen-bond donors (Lipinski definition) is 1. The number of methoxy groups -OCH3 is 1. The largest absolute Gasteiger partial charge is 0.479 e. The van der Waals surface area contributed by atoms with E-state index in [1.165, 1.54) is 12.0 Å². The lowest BCUT2D eigenvalue weighted by Gasteiger charge is -2.30. The number of carbonyl (C=O) groups excluding carboxylic acids is 1. The second-order valence-electron chi connectivity index (χ2n) is 5.38. The van der Waals surface area contributed by atoms with E-state index in [-0.39, 0.29) is 0 Å². The Morgan fingerprint density at radius 2 is 2.00 bits per heavy atom. The molecule has 6 heteroatoms. The van der Waals surface area contributed by atoms with Crippen LogP contribution >= 0.6 is 0 Å². The minimum Gasteiger partial charge on any atom is -0.479 e. The Balaban J connectivity index is 2.75. The molecule has 18 heavy (non-hydrogen) atoms. The number of carboxylic acids is 1. The van der Waals surface area contributed by atoms with E-state index in [0.29, 0.717) is 13.0 Å². The third-order valence-corrected chi connectivity index (χ3v) is 2.77. The minimum absolute atomic E-state index is 0.456. The second-order valence-corrected chi connectivity index (χ2v) is 5.38. The van der Waals surface area contributed by atoms with Crippen molar-refractivity contribution in [2.75, 3.05) is 13.7 Å². The Hall–Kier alpha value is -1.30. The van der Waals surface area contributed by atoms with Gasteiger partial charge in [0.05, 0.1) is 6.04 Å². The summed E-state index contributed by atoms with van der Waals surface area (Å²) in [6.07, 6.45) is -0.102. The molecule has 1 rings (SSSR count). The van der Waals surface area contributed by atoms with Crippen LogP contribution in [0, 0.1) is 0 Å². The number of carboxylic acid groups (broad SMARTS) is 1. The molecular formula is C12H21NO5. The number of hydrogen-bond acceptors (Lipinski definition) is 4. The van der Waals surface area contributed by atoms with Crippen LogP contribution < -0.4 is 0 Å².